The first-order chi connectivity index (χ1) is 12.8. The monoisotopic (exact) mass is 354 g/mol. The number of aliphatic hydroxyl groups excluding tert-OH is 1. The molecule has 1 aromatic carbocycles. The third-order valence-electron chi connectivity index (χ3n) is 5.34. The lowest BCUT2D eigenvalue weighted by atomic mass is 9.97. The van der Waals surface area contributed by atoms with Crippen LogP contribution in [0.3, 0.4) is 0 Å². The van der Waals surface area contributed by atoms with Crippen LogP contribution in [0.2, 0.25) is 0 Å². The van der Waals surface area contributed by atoms with Gasteiger partial charge in [0.1, 0.15) is 18.0 Å². The maximum atomic E-state index is 9.55. The van der Waals surface area contributed by atoms with Crippen molar-refractivity contribution >= 4 is 11.6 Å². The average Bonchev–Trinajstić information content (AvgIpc) is 3.18. The van der Waals surface area contributed by atoms with Crippen molar-refractivity contribution in [3.05, 3.63) is 48.3 Å². The van der Waals surface area contributed by atoms with Crippen LogP contribution in [-0.2, 0) is 4.74 Å². The van der Waals surface area contributed by atoms with Gasteiger partial charge >= 0.3 is 0 Å². The molecule has 2 N–H and O–H groups in total. The quantitative estimate of drug-likeness (QED) is 0.860. The number of hydrogen-bond acceptors (Lipinski definition) is 6. The number of aromatic nitrogens is 2. The molecule has 3 unspecified atom stereocenters. The fourth-order valence-corrected chi connectivity index (χ4v) is 3.95. The summed E-state index contributed by atoms with van der Waals surface area (Å²) >= 11 is 0. The predicted molar refractivity (Wildman–Crippen MR) is 101 cm³/mol. The summed E-state index contributed by atoms with van der Waals surface area (Å²) in [6.07, 6.45) is 5.73. The average molecular weight is 354 g/mol. The van der Waals surface area contributed by atoms with Crippen molar-refractivity contribution in [1.29, 1.82) is 0 Å². The van der Waals surface area contributed by atoms with Gasteiger partial charge in [0.2, 0.25) is 0 Å². The van der Waals surface area contributed by atoms with Crippen LogP contribution in [0.15, 0.2) is 42.7 Å². The molecule has 0 saturated carbocycles. The van der Waals surface area contributed by atoms with Crippen molar-refractivity contribution in [3.63, 3.8) is 0 Å². The summed E-state index contributed by atoms with van der Waals surface area (Å²) in [7, 11) is 0. The van der Waals surface area contributed by atoms with Crippen LogP contribution in [-0.4, -0.2) is 46.9 Å². The van der Waals surface area contributed by atoms with Crippen LogP contribution >= 0.6 is 0 Å². The lowest BCUT2D eigenvalue weighted by Crippen LogP contribution is -2.33. The van der Waals surface area contributed by atoms with E-state index in [2.05, 4.69) is 44.5 Å². The topological polar surface area (TPSA) is 70.5 Å². The molecular weight excluding hydrogens is 328 g/mol. The summed E-state index contributed by atoms with van der Waals surface area (Å²) in [5, 5.41) is 13.1. The number of benzene rings is 1. The fraction of sp³-hybridized carbons (Fsp3) is 0.500. The number of nitrogens with one attached hydrogen (secondary N) is 1. The second-order valence-electron chi connectivity index (χ2n) is 7.07. The van der Waals surface area contributed by atoms with Crippen molar-refractivity contribution in [2.75, 3.05) is 30.0 Å². The Morgan fingerprint density at radius 1 is 1.19 bits per heavy atom. The molecule has 0 amide bonds. The van der Waals surface area contributed by atoms with E-state index in [-0.39, 0.29) is 18.8 Å². The molecule has 26 heavy (non-hydrogen) atoms. The Hall–Kier alpha value is -2.18. The number of ether oxygens (including phenoxy) is 1. The lowest BCUT2D eigenvalue weighted by molar-refractivity contribution is 0.00974. The van der Waals surface area contributed by atoms with E-state index in [1.54, 1.807) is 6.33 Å². The van der Waals surface area contributed by atoms with E-state index in [1.165, 1.54) is 5.56 Å². The third-order valence-corrected chi connectivity index (χ3v) is 5.34. The minimum Gasteiger partial charge on any atom is -0.394 e. The summed E-state index contributed by atoms with van der Waals surface area (Å²) < 4.78 is 5.96. The zero-order valence-corrected chi connectivity index (χ0v) is 14.9. The van der Waals surface area contributed by atoms with E-state index in [4.69, 9.17) is 4.74 Å². The van der Waals surface area contributed by atoms with Crippen LogP contribution in [0.25, 0.3) is 0 Å². The first-order valence-electron chi connectivity index (χ1n) is 9.46. The van der Waals surface area contributed by atoms with Crippen LogP contribution < -0.4 is 10.2 Å². The van der Waals surface area contributed by atoms with Crippen molar-refractivity contribution in [3.8, 4) is 0 Å². The Labute approximate surface area is 154 Å². The van der Waals surface area contributed by atoms with Gasteiger partial charge in [0, 0.05) is 25.3 Å². The molecule has 2 aliphatic heterocycles. The highest BCUT2D eigenvalue weighted by molar-refractivity contribution is 5.50. The van der Waals surface area contributed by atoms with E-state index in [9.17, 15) is 5.11 Å². The zero-order valence-electron chi connectivity index (χ0n) is 14.9. The van der Waals surface area contributed by atoms with Crippen LogP contribution in [0.4, 0.5) is 11.6 Å². The highest BCUT2D eigenvalue weighted by Crippen LogP contribution is 2.30. The van der Waals surface area contributed by atoms with E-state index in [0.717, 1.165) is 50.5 Å². The van der Waals surface area contributed by atoms with Crippen LogP contribution in [0.5, 0.6) is 0 Å². The molecule has 0 radical (unpaired) electrons. The van der Waals surface area contributed by atoms with E-state index in [0.29, 0.717) is 6.04 Å². The van der Waals surface area contributed by atoms with Crippen LogP contribution in [0, 0.1) is 0 Å². The van der Waals surface area contributed by atoms with Gasteiger partial charge in [0.15, 0.2) is 0 Å². The van der Waals surface area contributed by atoms with Gasteiger partial charge in [-0.15, -0.1) is 0 Å². The summed E-state index contributed by atoms with van der Waals surface area (Å²) in [4.78, 5) is 11.0. The van der Waals surface area contributed by atoms with Gasteiger partial charge in [0.05, 0.1) is 18.8 Å². The summed E-state index contributed by atoms with van der Waals surface area (Å²) in [6.45, 7) is 1.86. The molecule has 6 heteroatoms. The van der Waals surface area contributed by atoms with Gasteiger partial charge in [-0.05, 0) is 31.2 Å². The maximum Gasteiger partial charge on any atom is 0.134 e. The smallest absolute Gasteiger partial charge is 0.134 e. The van der Waals surface area contributed by atoms with Gasteiger partial charge in [-0.1, -0.05) is 30.3 Å². The number of aliphatic hydroxyl groups is 1. The molecule has 0 aliphatic carbocycles. The molecule has 2 fully saturated rings. The molecule has 3 heterocycles. The lowest BCUT2D eigenvalue weighted by Gasteiger charge is -2.31. The molecule has 0 spiro atoms. The second kappa shape index (κ2) is 8.01. The summed E-state index contributed by atoms with van der Waals surface area (Å²) in [5.41, 5.74) is 1.23. The highest BCUT2D eigenvalue weighted by atomic mass is 16.5. The normalized spacial score (nSPS) is 26.0. The Balaban J connectivity index is 1.43. The second-order valence-corrected chi connectivity index (χ2v) is 7.07. The standard InChI is InChI=1S/C20H26N4O2/c25-13-17-7-4-9-24(17)20-12-19(21-14-22-20)23-16-8-10-26-18(11-16)15-5-2-1-3-6-15/h1-3,5-6,12,14,16-18,25H,4,7-11,13H2,(H,21,22,23). The molecule has 6 nitrogen and oxygen atoms in total. The van der Waals surface area contributed by atoms with Crippen molar-refractivity contribution in [1.82, 2.24) is 9.97 Å². The van der Waals surface area contributed by atoms with E-state index < -0.39 is 0 Å². The Bertz CT molecular complexity index is 712. The van der Waals surface area contributed by atoms with Crippen molar-refractivity contribution in [2.45, 2.75) is 43.9 Å². The van der Waals surface area contributed by atoms with Crippen LogP contribution in [0.1, 0.15) is 37.4 Å². The molecule has 0 bridgehead atoms. The van der Waals surface area contributed by atoms with E-state index in [1.807, 2.05) is 12.1 Å². The van der Waals surface area contributed by atoms with Crippen molar-refractivity contribution < 1.29 is 9.84 Å². The molecule has 3 atom stereocenters. The minimum absolute atomic E-state index is 0.126. The van der Waals surface area contributed by atoms with Gasteiger partial charge < -0.3 is 20.1 Å². The molecule has 1 aromatic heterocycles. The Morgan fingerprint density at radius 2 is 2.08 bits per heavy atom. The van der Waals surface area contributed by atoms with Gasteiger partial charge in [0.25, 0.3) is 0 Å². The largest absolute Gasteiger partial charge is 0.394 e. The maximum absolute atomic E-state index is 9.55. The Kier molecular flexibility index (Phi) is 5.32. The SMILES string of the molecule is OCC1CCCN1c1cc(NC2CCOC(c3ccccc3)C2)ncn1. The molecule has 2 aromatic rings. The highest BCUT2D eigenvalue weighted by Gasteiger charge is 2.26. The molecule has 138 valence electrons. The third kappa shape index (κ3) is 3.81. The number of anilines is 2. The number of nitrogens with zero attached hydrogens (tertiary/aromatic N) is 3. The molecule has 4 rings (SSSR count). The van der Waals surface area contributed by atoms with Gasteiger partial charge in [-0.3, -0.25) is 0 Å². The first kappa shape index (κ1) is 17.2. The van der Waals surface area contributed by atoms with E-state index >= 15 is 0 Å². The fourth-order valence-electron chi connectivity index (χ4n) is 3.95. The molecule has 2 saturated heterocycles. The molecular formula is C20H26N4O2. The predicted octanol–water partition coefficient (Wildman–Crippen LogP) is 2.77. The van der Waals surface area contributed by atoms with Gasteiger partial charge in [-0.2, -0.15) is 0 Å². The number of hydrogen-bond donors (Lipinski definition) is 2. The first-order valence-corrected chi connectivity index (χ1v) is 9.46. The van der Waals surface area contributed by atoms with Gasteiger partial charge in [-0.25, -0.2) is 9.97 Å². The summed E-state index contributed by atoms with van der Waals surface area (Å²) in [5.74, 6) is 1.74. The summed E-state index contributed by atoms with van der Waals surface area (Å²) in [6, 6.07) is 12.9. The Morgan fingerprint density at radius 3 is 2.92 bits per heavy atom. The van der Waals surface area contributed by atoms with Crippen molar-refractivity contribution in [2.24, 2.45) is 0 Å². The zero-order chi connectivity index (χ0) is 17.8. The molecule has 2 aliphatic rings. The number of rotatable bonds is 5. The minimum atomic E-state index is 0.126.